The predicted octanol–water partition coefficient (Wildman–Crippen LogP) is 2.29. The van der Waals surface area contributed by atoms with Crippen LogP contribution in [0.15, 0.2) is 18.2 Å². The van der Waals surface area contributed by atoms with E-state index in [2.05, 4.69) is 9.80 Å². The van der Waals surface area contributed by atoms with Crippen LogP contribution in [0, 0.1) is 0 Å². The van der Waals surface area contributed by atoms with Crippen LogP contribution < -0.4 is 4.90 Å². The molecule has 7 heteroatoms. The average molecular weight is 343 g/mol. The highest BCUT2D eigenvalue weighted by Gasteiger charge is 2.34. The summed E-state index contributed by atoms with van der Waals surface area (Å²) in [5.41, 5.74) is 0.488. The van der Waals surface area contributed by atoms with Gasteiger partial charge in [0.15, 0.2) is 0 Å². The van der Waals surface area contributed by atoms with Crippen LogP contribution >= 0.6 is 0 Å². The van der Waals surface area contributed by atoms with Gasteiger partial charge in [0.25, 0.3) is 0 Å². The molecule has 0 spiro atoms. The number of anilines is 1. The fraction of sp³-hybridized carbons (Fsp3) is 0.647. The lowest BCUT2D eigenvalue weighted by atomic mass is 10.0. The highest BCUT2D eigenvalue weighted by atomic mass is 19.4. The number of ether oxygens (including phenoxy) is 1. The zero-order valence-corrected chi connectivity index (χ0v) is 14.0. The van der Waals surface area contributed by atoms with Crippen LogP contribution in [-0.4, -0.2) is 69.3 Å². The van der Waals surface area contributed by atoms with Crippen molar-refractivity contribution >= 4 is 5.69 Å². The minimum absolute atomic E-state index is 0.353. The Labute approximate surface area is 140 Å². The van der Waals surface area contributed by atoms with Gasteiger partial charge in [-0.2, -0.15) is 13.2 Å². The second-order valence-electron chi connectivity index (χ2n) is 6.52. The average Bonchev–Trinajstić information content (AvgIpc) is 2.57. The van der Waals surface area contributed by atoms with Gasteiger partial charge in [-0.05, 0) is 24.7 Å². The number of hydrogen-bond donors (Lipinski definition) is 0. The minimum Gasteiger partial charge on any atom is -0.378 e. The van der Waals surface area contributed by atoms with Gasteiger partial charge in [-0.1, -0.05) is 6.07 Å². The molecule has 4 nitrogen and oxygen atoms in total. The lowest BCUT2D eigenvalue weighted by Crippen LogP contribution is -2.44. The molecule has 2 heterocycles. The van der Waals surface area contributed by atoms with Crippen LogP contribution in [0.25, 0.3) is 0 Å². The summed E-state index contributed by atoms with van der Waals surface area (Å²) in [6.07, 6.45) is -4.33. The Morgan fingerprint density at radius 1 is 1.00 bits per heavy atom. The third-order valence-corrected chi connectivity index (χ3v) is 4.76. The van der Waals surface area contributed by atoms with E-state index < -0.39 is 11.7 Å². The number of morpholine rings is 1. The van der Waals surface area contributed by atoms with Crippen LogP contribution in [0.5, 0.6) is 0 Å². The molecule has 24 heavy (non-hydrogen) atoms. The van der Waals surface area contributed by atoms with Crippen LogP contribution in [0.2, 0.25) is 0 Å². The number of halogens is 3. The smallest absolute Gasteiger partial charge is 0.378 e. The molecule has 2 aliphatic heterocycles. The van der Waals surface area contributed by atoms with E-state index in [0.717, 1.165) is 26.2 Å². The molecule has 3 rings (SSSR count). The fourth-order valence-electron chi connectivity index (χ4n) is 3.23. The monoisotopic (exact) mass is 343 g/mol. The van der Waals surface area contributed by atoms with Crippen molar-refractivity contribution < 1.29 is 17.9 Å². The number of rotatable bonds is 3. The van der Waals surface area contributed by atoms with E-state index in [4.69, 9.17) is 4.74 Å². The van der Waals surface area contributed by atoms with Crippen LogP contribution in [0.4, 0.5) is 18.9 Å². The molecule has 0 unspecified atom stereocenters. The Balaban J connectivity index is 1.80. The third kappa shape index (κ3) is 4.20. The molecule has 0 aromatic heterocycles. The van der Waals surface area contributed by atoms with Crippen molar-refractivity contribution in [1.29, 1.82) is 0 Å². The normalized spacial score (nSPS) is 21.2. The Morgan fingerprint density at radius 3 is 2.29 bits per heavy atom. The first-order chi connectivity index (χ1) is 11.4. The molecule has 134 valence electrons. The number of likely N-dealkylation sites (N-methyl/N-ethyl adjacent to an activating group) is 1. The van der Waals surface area contributed by atoms with E-state index in [0.29, 0.717) is 44.1 Å². The molecule has 0 N–H and O–H groups in total. The van der Waals surface area contributed by atoms with E-state index >= 15 is 0 Å². The van der Waals surface area contributed by atoms with Gasteiger partial charge >= 0.3 is 6.18 Å². The second-order valence-corrected chi connectivity index (χ2v) is 6.52. The first-order valence-electron chi connectivity index (χ1n) is 8.37. The molecule has 0 radical (unpaired) electrons. The van der Waals surface area contributed by atoms with Crippen molar-refractivity contribution in [3.8, 4) is 0 Å². The van der Waals surface area contributed by atoms with Crippen LogP contribution in [0.1, 0.15) is 11.1 Å². The third-order valence-electron chi connectivity index (χ3n) is 4.76. The van der Waals surface area contributed by atoms with Crippen LogP contribution in [0.3, 0.4) is 0 Å². The maximum absolute atomic E-state index is 13.5. The molecule has 2 saturated heterocycles. The quantitative estimate of drug-likeness (QED) is 0.838. The predicted molar refractivity (Wildman–Crippen MR) is 87.3 cm³/mol. The summed E-state index contributed by atoms with van der Waals surface area (Å²) >= 11 is 0. The Hall–Kier alpha value is -1.31. The zero-order valence-electron chi connectivity index (χ0n) is 14.0. The van der Waals surface area contributed by atoms with Gasteiger partial charge in [-0.25, -0.2) is 0 Å². The lowest BCUT2D eigenvalue weighted by molar-refractivity contribution is -0.138. The van der Waals surface area contributed by atoms with E-state index in [-0.39, 0.29) is 0 Å². The molecule has 0 aliphatic carbocycles. The van der Waals surface area contributed by atoms with E-state index in [1.807, 2.05) is 18.0 Å². The molecule has 1 aromatic carbocycles. The van der Waals surface area contributed by atoms with Gasteiger partial charge in [0.05, 0.1) is 18.8 Å². The topological polar surface area (TPSA) is 19.0 Å². The lowest BCUT2D eigenvalue weighted by Gasteiger charge is -2.33. The number of nitrogens with zero attached hydrogens (tertiary/aromatic N) is 3. The zero-order chi connectivity index (χ0) is 17.2. The Kier molecular flexibility index (Phi) is 5.32. The van der Waals surface area contributed by atoms with E-state index in [1.165, 1.54) is 6.07 Å². The molecule has 2 aliphatic rings. The van der Waals surface area contributed by atoms with Gasteiger partial charge in [-0.3, -0.25) is 4.90 Å². The molecular weight excluding hydrogens is 319 g/mol. The first kappa shape index (κ1) is 17.5. The van der Waals surface area contributed by atoms with Gasteiger partial charge in [0.2, 0.25) is 0 Å². The van der Waals surface area contributed by atoms with Gasteiger partial charge < -0.3 is 14.5 Å². The molecule has 1 aromatic rings. The fourth-order valence-corrected chi connectivity index (χ4v) is 3.23. The van der Waals surface area contributed by atoms with Gasteiger partial charge in [0, 0.05) is 51.5 Å². The molecule has 0 atom stereocenters. The number of hydrogen-bond acceptors (Lipinski definition) is 4. The second kappa shape index (κ2) is 7.29. The highest BCUT2D eigenvalue weighted by Crippen LogP contribution is 2.35. The highest BCUT2D eigenvalue weighted by molar-refractivity contribution is 5.52. The molecule has 0 bridgehead atoms. The maximum atomic E-state index is 13.5. The first-order valence-corrected chi connectivity index (χ1v) is 8.37. The summed E-state index contributed by atoms with van der Waals surface area (Å²) in [7, 11) is 2.04. The van der Waals surface area contributed by atoms with Crippen molar-refractivity contribution in [3.05, 3.63) is 29.3 Å². The molecule has 0 amide bonds. The summed E-state index contributed by atoms with van der Waals surface area (Å²) in [6.45, 7) is 6.14. The van der Waals surface area contributed by atoms with Crippen molar-refractivity contribution in [3.63, 3.8) is 0 Å². The number of alkyl halides is 3. The standard InChI is InChI=1S/C17H24F3N3O/c1-21-4-6-22(7-5-21)13-14-2-3-15(12-16(14)17(18,19)20)23-8-10-24-11-9-23/h2-3,12H,4-11,13H2,1H3. The SMILES string of the molecule is CN1CCN(Cc2ccc(N3CCOCC3)cc2C(F)(F)F)CC1. The van der Waals surface area contributed by atoms with Crippen molar-refractivity contribution in [2.45, 2.75) is 12.7 Å². The molecular formula is C17H24F3N3O. The van der Waals surface area contributed by atoms with Gasteiger partial charge in [0.1, 0.15) is 0 Å². The number of benzene rings is 1. The Morgan fingerprint density at radius 2 is 1.67 bits per heavy atom. The van der Waals surface area contributed by atoms with Crippen molar-refractivity contribution in [2.75, 3.05) is 64.4 Å². The molecule has 0 saturated carbocycles. The molecule has 2 fully saturated rings. The summed E-state index contributed by atoms with van der Waals surface area (Å²) in [4.78, 5) is 6.25. The largest absolute Gasteiger partial charge is 0.416 e. The summed E-state index contributed by atoms with van der Waals surface area (Å²) in [6, 6.07) is 4.76. The maximum Gasteiger partial charge on any atom is 0.416 e. The summed E-state index contributed by atoms with van der Waals surface area (Å²) in [5, 5.41) is 0. The van der Waals surface area contributed by atoms with Crippen molar-refractivity contribution in [1.82, 2.24) is 9.80 Å². The van der Waals surface area contributed by atoms with Crippen LogP contribution in [-0.2, 0) is 17.5 Å². The summed E-state index contributed by atoms with van der Waals surface area (Å²) in [5.74, 6) is 0. The van der Waals surface area contributed by atoms with E-state index in [1.54, 1.807) is 6.07 Å². The summed E-state index contributed by atoms with van der Waals surface area (Å²) < 4.78 is 45.9. The number of piperazine rings is 1. The van der Waals surface area contributed by atoms with Gasteiger partial charge in [-0.15, -0.1) is 0 Å². The van der Waals surface area contributed by atoms with E-state index in [9.17, 15) is 13.2 Å². The Bertz CT molecular complexity index is 551. The minimum atomic E-state index is -4.33. The van der Waals surface area contributed by atoms with Crippen molar-refractivity contribution in [2.24, 2.45) is 0 Å².